The topological polar surface area (TPSA) is 52.0 Å². The van der Waals surface area contributed by atoms with Crippen LogP contribution in [-0.2, 0) is 16.1 Å². The van der Waals surface area contributed by atoms with Crippen molar-refractivity contribution in [2.24, 2.45) is 0 Å². The molecule has 2 heterocycles. The molecule has 0 fully saturated rings. The van der Waals surface area contributed by atoms with Crippen LogP contribution in [-0.4, -0.2) is 21.6 Å². The van der Waals surface area contributed by atoms with E-state index >= 15 is 0 Å². The summed E-state index contributed by atoms with van der Waals surface area (Å²) in [5.74, 6) is 0.0624. The first-order valence-electron chi connectivity index (χ1n) is 5.15. The molecule has 0 unspecified atom stereocenters. The maximum Gasteiger partial charge on any atom is 0.152 e. The van der Waals surface area contributed by atoms with Crippen molar-refractivity contribution in [1.82, 2.24) is 9.55 Å². The Balaban J connectivity index is 2.09. The van der Waals surface area contributed by atoms with Gasteiger partial charge in [0, 0.05) is 36.8 Å². The Bertz CT molecular complexity index is 483. The number of aldehydes is 1. The normalized spacial score (nSPS) is 10.5. The van der Waals surface area contributed by atoms with Gasteiger partial charge in [0.1, 0.15) is 6.29 Å². The van der Waals surface area contributed by atoms with Gasteiger partial charge in [-0.25, -0.2) is 0 Å². The van der Waals surface area contributed by atoms with Gasteiger partial charge in [-0.05, 0) is 12.1 Å². The van der Waals surface area contributed by atoms with Crippen molar-refractivity contribution in [3.05, 3.63) is 30.7 Å². The lowest BCUT2D eigenvalue weighted by Gasteiger charge is -1.99. The molecule has 0 aromatic carbocycles. The monoisotopic (exact) mass is 216 g/mol. The molecule has 2 aromatic heterocycles. The molecule has 0 saturated carbocycles. The van der Waals surface area contributed by atoms with Crippen LogP contribution in [0.4, 0.5) is 0 Å². The van der Waals surface area contributed by atoms with Crippen LogP contribution < -0.4 is 0 Å². The fraction of sp³-hybridized carbons (Fsp3) is 0.250. The van der Waals surface area contributed by atoms with Gasteiger partial charge in [0.25, 0.3) is 0 Å². The standard InChI is InChI=1S/C12H12N2O2/c15-6-2-4-11(16)8-14-7-10-3-1-5-13-12(10)9-14/h1,3,5-7,9H,2,4,8H2. The van der Waals surface area contributed by atoms with E-state index in [0.29, 0.717) is 19.4 Å². The van der Waals surface area contributed by atoms with E-state index in [9.17, 15) is 9.59 Å². The highest BCUT2D eigenvalue weighted by atomic mass is 16.1. The molecule has 4 heteroatoms. The predicted molar refractivity (Wildman–Crippen MR) is 60.0 cm³/mol. The van der Waals surface area contributed by atoms with E-state index in [1.807, 2.05) is 29.1 Å². The summed E-state index contributed by atoms with van der Waals surface area (Å²) in [6, 6.07) is 3.82. The van der Waals surface area contributed by atoms with Crippen LogP contribution in [0.2, 0.25) is 0 Å². The minimum atomic E-state index is 0.0624. The number of carbonyl (C=O) groups excluding carboxylic acids is 2. The summed E-state index contributed by atoms with van der Waals surface area (Å²) in [5, 5.41) is 1.02. The zero-order valence-corrected chi connectivity index (χ0v) is 8.80. The Hall–Kier alpha value is -1.97. The third kappa shape index (κ3) is 2.34. The van der Waals surface area contributed by atoms with Crippen LogP contribution in [0.15, 0.2) is 30.7 Å². The number of ketones is 1. The second kappa shape index (κ2) is 4.70. The summed E-state index contributed by atoms with van der Waals surface area (Å²) < 4.78 is 1.81. The summed E-state index contributed by atoms with van der Waals surface area (Å²) in [6.07, 6.45) is 6.84. The second-order valence-electron chi connectivity index (χ2n) is 3.65. The number of hydrogen-bond donors (Lipinski definition) is 0. The lowest BCUT2D eigenvalue weighted by atomic mass is 10.2. The van der Waals surface area contributed by atoms with Crippen molar-refractivity contribution < 1.29 is 9.59 Å². The fourth-order valence-corrected chi connectivity index (χ4v) is 1.61. The van der Waals surface area contributed by atoms with Gasteiger partial charge in [-0.3, -0.25) is 9.78 Å². The van der Waals surface area contributed by atoms with Crippen LogP contribution in [0, 0.1) is 0 Å². The molecule has 16 heavy (non-hydrogen) atoms. The molecule has 0 aliphatic rings. The maximum absolute atomic E-state index is 11.4. The number of fused-ring (bicyclic) bond motifs is 1. The SMILES string of the molecule is O=CCCC(=O)Cn1cc2cccnc2c1. The van der Waals surface area contributed by atoms with Crippen LogP contribution >= 0.6 is 0 Å². The number of hydrogen-bond acceptors (Lipinski definition) is 3. The molecular formula is C12H12N2O2. The van der Waals surface area contributed by atoms with E-state index in [4.69, 9.17) is 0 Å². The number of Topliss-reactive ketones (excluding diaryl/α,β-unsaturated/α-hetero) is 1. The smallest absolute Gasteiger partial charge is 0.152 e. The van der Waals surface area contributed by atoms with Crippen molar-refractivity contribution in [2.45, 2.75) is 19.4 Å². The largest absolute Gasteiger partial charge is 0.344 e. The molecule has 0 bridgehead atoms. The molecule has 0 atom stereocenters. The molecule has 2 aromatic rings. The van der Waals surface area contributed by atoms with E-state index in [-0.39, 0.29) is 5.78 Å². The number of carbonyl (C=O) groups is 2. The first kappa shape index (κ1) is 10.5. The second-order valence-corrected chi connectivity index (χ2v) is 3.65. The quantitative estimate of drug-likeness (QED) is 0.713. The Kier molecular flexibility index (Phi) is 3.10. The molecular weight excluding hydrogens is 204 g/mol. The van der Waals surface area contributed by atoms with E-state index in [1.165, 1.54) is 0 Å². The zero-order valence-electron chi connectivity index (χ0n) is 8.80. The third-order valence-electron chi connectivity index (χ3n) is 2.36. The Morgan fingerprint density at radius 3 is 3.06 bits per heavy atom. The van der Waals surface area contributed by atoms with Gasteiger partial charge in [0.05, 0.1) is 12.1 Å². The molecule has 2 rings (SSSR count). The van der Waals surface area contributed by atoms with Gasteiger partial charge in [-0.1, -0.05) is 0 Å². The highest BCUT2D eigenvalue weighted by Crippen LogP contribution is 2.11. The fourth-order valence-electron chi connectivity index (χ4n) is 1.61. The van der Waals surface area contributed by atoms with Crippen molar-refractivity contribution in [1.29, 1.82) is 0 Å². The molecule has 0 saturated heterocycles. The number of pyridine rings is 1. The Morgan fingerprint density at radius 2 is 2.31 bits per heavy atom. The molecule has 0 N–H and O–H groups in total. The minimum absolute atomic E-state index is 0.0624. The maximum atomic E-state index is 11.4. The third-order valence-corrected chi connectivity index (χ3v) is 2.36. The van der Waals surface area contributed by atoms with Gasteiger partial charge >= 0.3 is 0 Å². The summed E-state index contributed by atoms with van der Waals surface area (Å²) in [5.41, 5.74) is 0.880. The first-order chi connectivity index (χ1) is 7.79. The molecule has 0 spiro atoms. The summed E-state index contributed by atoms with van der Waals surface area (Å²) in [4.78, 5) is 25.8. The summed E-state index contributed by atoms with van der Waals surface area (Å²) >= 11 is 0. The van der Waals surface area contributed by atoms with Gasteiger partial charge in [-0.2, -0.15) is 0 Å². The van der Waals surface area contributed by atoms with Crippen LogP contribution in [0.25, 0.3) is 10.9 Å². The average Bonchev–Trinajstić information content (AvgIpc) is 2.68. The number of nitrogens with zero attached hydrogens (tertiary/aromatic N) is 2. The van der Waals surface area contributed by atoms with Gasteiger partial charge in [0.15, 0.2) is 5.78 Å². The summed E-state index contributed by atoms with van der Waals surface area (Å²) in [6.45, 7) is 0.310. The van der Waals surface area contributed by atoms with E-state index in [2.05, 4.69) is 4.98 Å². The minimum Gasteiger partial charge on any atom is -0.344 e. The highest BCUT2D eigenvalue weighted by molar-refractivity contribution is 5.82. The van der Waals surface area contributed by atoms with Gasteiger partial charge in [0.2, 0.25) is 0 Å². The van der Waals surface area contributed by atoms with Gasteiger partial charge in [-0.15, -0.1) is 0 Å². The lowest BCUT2D eigenvalue weighted by Crippen LogP contribution is -2.08. The van der Waals surface area contributed by atoms with Crippen molar-refractivity contribution in [3.8, 4) is 0 Å². The Labute approximate surface area is 92.9 Å². The van der Waals surface area contributed by atoms with Crippen molar-refractivity contribution in [3.63, 3.8) is 0 Å². The van der Waals surface area contributed by atoms with E-state index in [0.717, 1.165) is 17.2 Å². The van der Waals surface area contributed by atoms with Crippen LogP contribution in [0.3, 0.4) is 0 Å². The van der Waals surface area contributed by atoms with Crippen molar-refractivity contribution in [2.75, 3.05) is 0 Å². The van der Waals surface area contributed by atoms with E-state index < -0.39 is 0 Å². The number of aromatic nitrogens is 2. The molecule has 82 valence electrons. The highest BCUT2D eigenvalue weighted by Gasteiger charge is 2.04. The predicted octanol–water partition coefficient (Wildman–Crippen LogP) is 1.58. The Morgan fingerprint density at radius 1 is 1.44 bits per heavy atom. The summed E-state index contributed by atoms with van der Waals surface area (Å²) in [7, 11) is 0. The molecule has 0 radical (unpaired) electrons. The van der Waals surface area contributed by atoms with Crippen LogP contribution in [0.1, 0.15) is 12.8 Å². The zero-order chi connectivity index (χ0) is 11.4. The van der Waals surface area contributed by atoms with Crippen molar-refractivity contribution >= 4 is 23.0 Å². The number of rotatable bonds is 5. The average molecular weight is 216 g/mol. The molecule has 0 amide bonds. The van der Waals surface area contributed by atoms with Gasteiger partial charge < -0.3 is 9.36 Å². The van der Waals surface area contributed by atoms with E-state index in [1.54, 1.807) is 6.20 Å². The van der Waals surface area contributed by atoms with Crippen LogP contribution in [0.5, 0.6) is 0 Å². The first-order valence-corrected chi connectivity index (χ1v) is 5.15. The molecule has 0 aliphatic heterocycles. The molecule has 0 aliphatic carbocycles. The lowest BCUT2D eigenvalue weighted by molar-refractivity contribution is -0.121. The molecule has 4 nitrogen and oxygen atoms in total.